The summed E-state index contributed by atoms with van der Waals surface area (Å²) in [6.45, 7) is 4.37. The summed E-state index contributed by atoms with van der Waals surface area (Å²) in [5, 5.41) is 20.1. The lowest BCUT2D eigenvalue weighted by Gasteiger charge is -2.01. The van der Waals surface area contributed by atoms with E-state index in [1.165, 1.54) is 94.6 Å². The van der Waals surface area contributed by atoms with Crippen molar-refractivity contribution in [2.75, 3.05) is 21.3 Å². The van der Waals surface area contributed by atoms with E-state index in [9.17, 15) is 4.79 Å². The Labute approximate surface area is 559 Å². The number of aliphatic hydroxyl groups excluding tert-OH is 1. The Morgan fingerprint density at radius 3 is 1.44 bits per heavy atom. The van der Waals surface area contributed by atoms with Crippen LogP contribution >= 0.6 is 23.2 Å². The van der Waals surface area contributed by atoms with Crippen molar-refractivity contribution in [2.24, 2.45) is 56.4 Å². The van der Waals surface area contributed by atoms with Gasteiger partial charge >= 0.3 is 5.97 Å². The predicted octanol–water partition coefficient (Wildman–Crippen LogP) is 18.6. The molecule has 0 aliphatic rings. The normalized spacial score (nSPS) is 10.6. The molecule has 16 aromatic rings. The second-order valence-corrected chi connectivity index (χ2v) is 23.9. The maximum atomic E-state index is 11.4. The summed E-state index contributed by atoms with van der Waals surface area (Å²) in [4.78, 5) is 11.4. The van der Waals surface area contributed by atoms with E-state index >= 15 is 0 Å². The fraction of sp³-hybridized carbons (Fsp3) is 0.177. The molecule has 8 aromatic heterocycles. The Morgan fingerprint density at radius 1 is 0.383 bits per heavy atom. The van der Waals surface area contributed by atoms with E-state index in [4.69, 9.17) is 42.5 Å². The molecule has 15 heteroatoms. The van der Waals surface area contributed by atoms with E-state index in [2.05, 4.69) is 163 Å². The number of rotatable bonds is 4. The Bertz CT molecular complexity index is 5100. The Balaban J connectivity index is 0.000000127. The highest BCUT2D eigenvalue weighted by atomic mass is 35.5. The molecule has 0 saturated heterocycles. The lowest BCUT2D eigenvalue weighted by atomic mass is 10.1. The number of nitrogens with zero attached hydrogens (tertiary/aromatic N) is 8. The van der Waals surface area contributed by atoms with Gasteiger partial charge in [0.05, 0.1) is 44.5 Å². The summed E-state index contributed by atoms with van der Waals surface area (Å²) in [5.41, 5.74) is 13.9. The topological polar surface area (TPSA) is 104 Å². The lowest BCUT2D eigenvalue weighted by molar-refractivity contribution is 0.0602. The minimum atomic E-state index is -0.290. The van der Waals surface area contributed by atoms with Crippen LogP contribution in [0.1, 0.15) is 27.0 Å². The van der Waals surface area contributed by atoms with Crippen molar-refractivity contribution < 1.29 is 24.1 Å². The number of ether oxygens (including phenoxy) is 3. The fourth-order valence-electron chi connectivity index (χ4n) is 11.2. The van der Waals surface area contributed by atoms with Crippen LogP contribution in [0.5, 0.6) is 11.5 Å². The maximum absolute atomic E-state index is 11.4. The van der Waals surface area contributed by atoms with Gasteiger partial charge in [-0.2, -0.15) is 0 Å². The highest BCUT2D eigenvalue weighted by Gasteiger charge is 2.13. The molecule has 0 unspecified atom stereocenters. The van der Waals surface area contributed by atoms with E-state index in [0.717, 1.165) is 38.0 Å². The third kappa shape index (κ3) is 16.3. The number of aromatic nitrogens is 8. The van der Waals surface area contributed by atoms with Crippen LogP contribution in [0.4, 0.5) is 0 Å². The molecule has 16 rings (SSSR count). The third-order valence-corrected chi connectivity index (χ3v) is 17.0. The van der Waals surface area contributed by atoms with Crippen molar-refractivity contribution in [3.8, 4) is 11.5 Å². The van der Waals surface area contributed by atoms with Gasteiger partial charge in [-0.05, 0) is 180 Å². The monoisotopic (exact) mass is 1290 g/mol. The van der Waals surface area contributed by atoms with E-state index in [1.807, 2.05) is 181 Å². The molecule has 0 amide bonds. The van der Waals surface area contributed by atoms with Gasteiger partial charge in [0.25, 0.3) is 0 Å². The van der Waals surface area contributed by atoms with E-state index < -0.39 is 0 Å². The number of carbonyl (C=O) groups is 1. The number of hydrogen-bond donors (Lipinski definition) is 1. The van der Waals surface area contributed by atoms with Crippen molar-refractivity contribution in [2.45, 2.75) is 20.5 Å². The van der Waals surface area contributed by atoms with Crippen molar-refractivity contribution >= 4 is 116 Å². The van der Waals surface area contributed by atoms with E-state index in [-0.39, 0.29) is 12.6 Å². The smallest absolute Gasteiger partial charge is 0.340 e. The van der Waals surface area contributed by atoms with Gasteiger partial charge in [0.15, 0.2) is 0 Å². The average Bonchev–Trinajstić information content (AvgIpc) is 1.71. The van der Waals surface area contributed by atoms with Crippen molar-refractivity contribution in [1.82, 2.24) is 36.5 Å². The number of aliphatic hydroxyl groups is 1. The first-order chi connectivity index (χ1) is 45.3. The van der Waals surface area contributed by atoms with Gasteiger partial charge < -0.3 is 55.9 Å². The molecule has 0 fully saturated rings. The van der Waals surface area contributed by atoms with Crippen LogP contribution in [0.2, 0.25) is 10.0 Å². The van der Waals surface area contributed by atoms with Gasteiger partial charge in [-0.15, -0.1) is 0 Å². The predicted molar refractivity (Wildman–Crippen MR) is 393 cm³/mol. The largest absolute Gasteiger partial charge is 0.497 e. The first-order valence-corrected chi connectivity index (χ1v) is 31.4. The second kappa shape index (κ2) is 31.3. The molecule has 13 nitrogen and oxygen atoms in total. The van der Waals surface area contributed by atoms with Crippen molar-refractivity contribution in [3.05, 3.63) is 276 Å². The summed E-state index contributed by atoms with van der Waals surface area (Å²) in [6, 6.07) is 65.2. The molecule has 0 bridgehead atoms. The van der Waals surface area contributed by atoms with Crippen LogP contribution in [0.25, 0.3) is 87.2 Å². The molecule has 94 heavy (non-hydrogen) atoms. The number of hydrogen-bond acceptors (Lipinski definition) is 5. The molecule has 8 aromatic carbocycles. The summed E-state index contributed by atoms with van der Waals surface area (Å²) in [6.07, 6.45) is 16.1. The standard InChI is InChI=1S/C11H11NO2.3C10H11NO.2C10H11N.2C9H8ClN/c1-12-7-9(11(13)14-2)8-5-3-4-6-10(8)12;1-11-6-5-8-3-4-9(12-2)7-10(8)11;1-11-7-6-8-9(11)4-3-5-10(8)12-2;1-11-5-4-9-6-8(7-12)2-3-10(9)11;1-8-3-4-10-9(7-8)5-6-11(10)2;1-8-4-3-5-10-9(8)6-7-11(10)2;1-11-5-4-7-6-8(10)2-3-9(7)11;1-11-5-4-7-2-3-8(10)6-9(7)11/h3-7H,1-2H3;2*3-7H,1-2H3;2-6,12H,7H2,1H3;2*3-7H,1-2H3;2*2-6H,1H3. The van der Waals surface area contributed by atoms with Gasteiger partial charge in [-0.3, -0.25) is 0 Å². The number of methoxy groups -OCH3 is 3. The zero-order valence-corrected chi connectivity index (χ0v) is 57.2. The zero-order valence-electron chi connectivity index (χ0n) is 55.7. The van der Waals surface area contributed by atoms with Gasteiger partial charge in [0.2, 0.25) is 0 Å². The molecular formula is C79H82Cl2N8O5. The highest BCUT2D eigenvalue weighted by Crippen LogP contribution is 2.27. The molecule has 0 aliphatic carbocycles. The fourth-order valence-corrected chi connectivity index (χ4v) is 11.6. The minimum absolute atomic E-state index is 0.116. The van der Waals surface area contributed by atoms with E-state index in [0.29, 0.717) is 5.56 Å². The maximum Gasteiger partial charge on any atom is 0.340 e. The SMILES string of the molecule is COC(=O)c1cn(C)c2ccccc12.COc1ccc2ccn(C)c2c1.COc1cccc2c1ccn2C.Cc1ccc2c(ccn2C)c1.Cc1cccc2c1ccn2C.Cn1ccc2cc(CO)ccc21.Cn1ccc2cc(Cl)ccc21.Cn1ccc2ccc(Cl)cc21. The summed E-state index contributed by atoms with van der Waals surface area (Å²) in [7, 11) is 20.9. The molecule has 0 radical (unpaired) electrons. The summed E-state index contributed by atoms with van der Waals surface area (Å²) < 4.78 is 31.6. The minimum Gasteiger partial charge on any atom is -0.497 e. The van der Waals surface area contributed by atoms with E-state index in [1.54, 1.807) is 20.4 Å². The van der Waals surface area contributed by atoms with Gasteiger partial charge in [0, 0.05) is 177 Å². The molecule has 482 valence electrons. The van der Waals surface area contributed by atoms with Crippen LogP contribution in [0.3, 0.4) is 0 Å². The quantitative estimate of drug-likeness (QED) is 0.177. The van der Waals surface area contributed by atoms with Gasteiger partial charge in [0.1, 0.15) is 11.5 Å². The Hall–Kier alpha value is -10.3. The molecule has 1 N–H and O–H groups in total. The van der Waals surface area contributed by atoms with Crippen molar-refractivity contribution in [1.29, 1.82) is 0 Å². The molecule has 0 spiro atoms. The number of halogens is 2. The van der Waals surface area contributed by atoms with Crippen LogP contribution in [-0.4, -0.2) is 68.9 Å². The van der Waals surface area contributed by atoms with Crippen LogP contribution in [-0.2, 0) is 67.7 Å². The molecule has 8 heterocycles. The molecule has 0 saturated carbocycles. The number of fused-ring (bicyclic) bond motifs is 8. The molecule has 0 atom stereocenters. The second-order valence-electron chi connectivity index (χ2n) is 23.0. The number of esters is 1. The lowest BCUT2D eigenvalue weighted by Crippen LogP contribution is -1.99. The van der Waals surface area contributed by atoms with Crippen LogP contribution < -0.4 is 9.47 Å². The third-order valence-electron chi connectivity index (χ3n) is 16.5. The zero-order chi connectivity index (χ0) is 67.2. The van der Waals surface area contributed by atoms with Gasteiger partial charge in [-0.1, -0.05) is 83.4 Å². The number of carbonyl (C=O) groups excluding carboxylic acids is 1. The van der Waals surface area contributed by atoms with Crippen molar-refractivity contribution in [3.63, 3.8) is 0 Å². The molecule has 0 aliphatic heterocycles. The highest BCUT2D eigenvalue weighted by molar-refractivity contribution is 6.31. The van der Waals surface area contributed by atoms with Crippen LogP contribution in [0.15, 0.2) is 244 Å². The number of aryl methyl sites for hydroxylation is 10. The summed E-state index contributed by atoms with van der Waals surface area (Å²) >= 11 is 11.7. The number of benzene rings is 8. The molecular weight excluding hydrogens is 1210 g/mol. The number of para-hydroxylation sites is 1. The Morgan fingerprint density at radius 2 is 0.840 bits per heavy atom. The average molecular weight is 1290 g/mol. The Kier molecular flexibility index (Phi) is 22.7. The first-order valence-electron chi connectivity index (χ1n) is 30.7. The van der Waals surface area contributed by atoms with Gasteiger partial charge in [-0.25, -0.2) is 4.79 Å². The van der Waals surface area contributed by atoms with Crippen LogP contribution in [0, 0.1) is 13.8 Å². The first kappa shape index (κ1) is 68.1. The summed E-state index contributed by atoms with van der Waals surface area (Å²) in [5.74, 6) is 1.55.